The third-order valence-electron chi connectivity index (χ3n) is 6.50. The van der Waals surface area contributed by atoms with Gasteiger partial charge in [-0.2, -0.15) is 0 Å². The van der Waals surface area contributed by atoms with Crippen LogP contribution in [0, 0.1) is 12.7 Å². The number of ketones is 1. The Morgan fingerprint density at radius 3 is 2.46 bits per heavy atom. The molecule has 0 spiro atoms. The van der Waals surface area contributed by atoms with Crippen molar-refractivity contribution in [3.05, 3.63) is 107 Å². The van der Waals surface area contributed by atoms with Crippen LogP contribution in [0.1, 0.15) is 27.0 Å². The average molecular weight is 471 g/mol. The Morgan fingerprint density at radius 1 is 1.03 bits per heavy atom. The summed E-state index contributed by atoms with van der Waals surface area (Å²) in [6, 6.07) is 18.0. The van der Waals surface area contributed by atoms with Gasteiger partial charge in [-0.15, -0.1) is 0 Å². The van der Waals surface area contributed by atoms with Gasteiger partial charge in [0.2, 0.25) is 5.78 Å². The molecule has 0 atom stereocenters. The van der Waals surface area contributed by atoms with Crippen LogP contribution in [0.4, 0.5) is 10.1 Å². The summed E-state index contributed by atoms with van der Waals surface area (Å²) in [5, 5.41) is 10.7. The summed E-state index contributed by atoms with van der Waals surface area (Å²) in [6.45, 7) is 5.41. The van der Waals surface area contributed by atoms with Crippen LogP contribution in [0.3, 0.4) is 0 Å². The number of aromatic hydroxyl groups is 1. The SMILES string of the molecule is Cc1cc(O)c(CN2CCN(c3ccc(F)cc3)CC2)c2c1C(=O)/C(=C/C=C/c1ccccc1)O2. The molecule has 2 aliphatic rings. The Balaban J connectivity index is 1.31. The zero-order valence-corrected chi connectivity index (χ0v) is 19.6. The van der Waals surface area contributed by atoms with Gasteiger partial charge in [-0.25, -0.2) is 4.39 Å². The van der Waals surface area contributed by atoms with Gasteiger partial charge >= 0.3 is 0 Å². The van der Waals surface area contributed by atoms with E-state index in [2.05, 4.69) is 9.80 Å². The summed E-state index contributed by atoms with van der Waals surface area (Å²) >= 11 is 0. The van der Waals surface area contributed by atoms with Crippen molar-refractivity contribution < 1.29 is 19.0 Å². The van der Waals surface area contributed by atoms with Crippen molar-refractivity contribution in [1.29, 1.82) is 0 Å². The van der Waals surface area contributed by atoms with Crippen molar-refractivity contribution in [2.75, 3.05) is 31.1 Å². The Hall–Kier alpha value is -3.90. The number of carbonyl (C=O) groups is 1. The molecule has 178 valence electrons. The molecular weight excluding hydrogens is 443 g/mol. The van der Waals surface area contributed by atoms with Crippen molar-refractivity contribution in [1.82, 2.24) is 4.90 Å². The van der Waals surface area contributed by atoms with E-state index in [1.54, 1.807) is 30.4 Å². The zero-order valence-electron chi connectivity index (χ0n) is 19.6. The van der Waals surface area contributed by atoms with Crippen molar-refractivity contribution in [2.45, 2.75) is 13.5 Å². The van der Waals surface area contributed by atoms with E-state index in [0.29, 0.717) is 29.0 Å². The highest BCUT2D eigenvalue weighted by atomic mass is 19.1. The molecule has 5 nitrogen and oxygen atoms in total. The number of aryl methyl sites for hydroxylation is 1. The molecule has 0 bridgehead atoms. The number of ether oxygens (including phenoxy) is 1. The summed E-state index contributed by atoms with van der Waals surface area (Å²) in [5.74, 6) is 0.430. The maximum Gasteiger partial charge on any atom is 0.232 e. The van der Waals surface area contributed by atoms with E-state index in [9.17, 15) is 14.3 Å². The van der Waals surface area contributed by atoms with Crippen LogP contribution in [-0.2, 0) is 6.54 Å². The molecule has 2 heterocycles. The number of Topliss-reactive ketones (excluding diaryl/α,β-unsaturated/α-hetero) is 1. The molecule has 0 aromatic heterocycles. The summed E-state index contributed by atoms with van der Waals surface area (Å²) < 4.78 is 19.3. The summed E-state index contributed by atoms with van der Waals surface area (Å²) in [6.07, 6.45) is 5.40. The van der Waals surface area contributed by atoms with Crippen LogP contribution in [0.25, 0.3) is 6.08 Å². The molecular formula is C29H27FN2O3. The third-order valence-corrected chi connectivity index (χ3v) is 6.50. The number of nitrogens with zero attached hydrogens (tertiary/aromatic N) is 2. The standard InChI is InChI=1S/C29H27FN2O3/c1-20-18-25(33)24(19-31-14-16-32(17-15-31)23-12-10-22(30)11-13-23)29-27(20)28(34)26(35-29)9-5-8-21-6-3-2-4-7-21/h2-13,18,33H,14-17,19H2,1H3/b8-5+,26-9-. The van der Waals surface area contributed by atoms with E-state index < -0.39 is 0 Å². The Morgan fingerprint density at radius 2 is 1.74 bits per heavy atom. The average Bonchev–Trinajstić information content (AvgIpc) is 3.20. The number of hydrogen-bond acceptors (Lipinski definition) is 5. The normalized spacial score (nSPS) is 17.3. The Kier molecular flexibility index (Phi) is 6.38. The maximum atomic E-state index is 13.2. The fraction of sp³-hybridized carbons (Fsp3) is 0.207. The van der Waals surface area contributed by atoms with Gasteiger partial charge in [-0.3, -0.25) is 9.69 Å². The topological polar surface area (TPSA) is 53.0 Å². The van der Waals surface area contributed by atoms with Crippen molar-refractivity contribution in [2.24, 2.45) is 0 Å². The van der Waals surface area contributed by atoms with Crippen LogP contribution in [0.5, 0.6) is 11.5 Å². The van der Waals surface area contributed by atoms with E-state index in [0.717, 1.165) is 37.4 Å². The van der Waals surface area contributed by atoms with Crippen molar-refractivity contribution in [3.63, 3.8) is 0 Å². The lowest BCUT2D eigenvalue weighted by molar-refractivity contribution is 0.101. The van der Waals surface area contributed by atoms with Crippen molar-refractivity contribution in [3.8, 4) is 11.5 Å². The number of carbonyl (C=O) groups excluding carboxylic acids is 1. The van der Waals surface area contributed by atoms with Gasteiger partial charge in [0.25, 0.3) is 0 Å². The molecule has 0 saturated carbocycles. The number of allylic oxidation sites excluding steroid dienone is 3. The Bertz CT molecular complexity index is 1290. The lowest BCUT2D eigenvalue weighted by atomic mass is 9.99. The largest absolute Gasteiger partial charge is 0.507 e. The monoisotopic (exact) mass is 470 g/mol. The molecule has 0 amide bonds. The predicted molar refractivity (Wildman–Crippen MR) is 135 cm³/mol. The zero-order chi connectivity index (χ0) is 24.4. The molecule has 5 rings (SSSR count). The first kappa shape index (κ1) is 22.9. The lowest BCUT2D eigenvalue weighted by Gasteiger charge is -2.36. The maximum absolute atomic E-state index is 13.2. The van der Waals surface area contributed by atoms with Crippen molar-refractivity contribution >= 4 is 17.5 Å². The first-order chi connectivity index (χ1) is 17.0. The van der Waals surface area contributed by atoms with Gasteiger partial charge in [-0.05, 0) is 54.5 Å². The van der Waals surface area contributed by atoms with Crippen LogP contribution >= 0.6 is 0 Å². The fourth-order valence-corrected chi connectivity index (χ4v) is 4.60. The van der Waals surface area contributed by atoms with Gasteiger partial charge in [0, 0.05) is 38.4 Å². The highest BCUT2D eigenvalue weighted by Crippen LogP contribution is 2.42. The minimum absolute atomic E-state index is 0.135. The van der Waals surface area contributed by atoms with Gasteiger partial charge in [-0.1, -0.05) is 42.5 Å². The summed E-state index contributed by atoms with van der Waals surface area (Å²) in [7, 11) is 0. The number of rotatable bonds is 5. The molecule has 0 unspecified atom stereocenters. The lowest BCUT2D eigenvalue weighted by Crippen LogP contribution is -2.46. The second-order valence-corrected chi connectivity index (χ2v) is 8.87. The predicted octanol–water partition coefficient (Wildman–Crippen LogP) is 5.33. The van der Waals surface area contributed by atoms with Gasteiger partial charge < -0.3 is 14.7 Å². The smallest absolute Gasteiger partial charge is 0.232 e. The van der Waals surface area contributed by atoms with Crippen LogP contribution < -0.4 is 9.64 Å². The highest BCUT2D eigenvalue weighted by Gasteiger charge is 2.33. The number of anilines is 1. The molecule has 3 aromatic carbocycles. The molecule has 0 radical (unpaired) electrons. The molecule has 6 heteroatoms. The van der Waals surface area contributed by atoms with E-state index in [1.165, 1.54) is 12.1 Å². The fourth-order valence-electron chi connectivity index (χ4n) is 4.60. The molecule has 1 N–H and O–H groups in total. The first-order valence-corrected chi connectivity index (χ1v) is 11.7. The third kappa shape index (κ3) is 4.84. The van der Waals surface area contributed by atoms with Gasteiger partial charge in [0.1, 0.15) is 17.3 Å². The molecule has 35 heavy (non-hydrogen) atoms. The number of phenols is 1. The second kappa shape index (κ2) is 9.76. The molecule has 1 saturated heterocycles. The molecule has 0 aliphatic carbocycles. The summed E-state index contributed by atoms with van der Waals surface area (Å²) in [5.41, 5.74) is 3.87. The van der Waals surface area contributed by atoms with Crippen LogP contribution in [0.2, 0.25) is 0 Å². The van der Waals surface area contributed by atoms with E-state index in [-0.39, 0.29) is 23.1 Å². The number of phenolic OH excluding ortho intramolecular Hbond substituents is 1. The Labute approximate surface area is 204 Å². The van der Waals surface area contributed by atoms with E-state index >= 15 is 0 Å². The van der Waals surface area contributed by atoms with Crippen LogP contribution in [-0.4, -0.2) is 42.0 Å². The first-order valence-electron chi connectivity index (χ1n) is 11.7. The van der Waals surface area contributed by atoms with Crippen LogP contribution in [0.15, 0.2) is 78.6 Å². The molecule has 2 aliphatic heterocycles. The van der Waals surface area contributed by atoms with E-state index in [4.69, 9.17) is 4.74 Å². The summed E-state index contributed by atoms with van der Waals surface area (Å²) in [4.78, 5) is 17.5. The minimum Gasteiger partial charge on any atom is -0.507 e. The van der Waals surface area contributed by atoms with Gasteiger partial charge in [0.15, 0.2) is 5.76 Å². The molecule has 3 aromatic rings. The number of piperazine rings is 1. The number of hydrogen-bond donors (Lipinski definition) is 1. The number of benzene rings is 3. The number of fused-ring (bicyclic) bond motifs is 1. The highest BCUT2D eigenvalue weighted by molar-refractivity contribution is 6.14. The molecule has 1 fully saturated rings. The second-order valence-electron chi connectivity index (χ2n) is 8.87. The minimum atomic E-state index is -0.241. The number of halogens is 1. The van der Waals surface area contributed by atoms with Gasteiger partial charge in [0.05, 0.1) is 11.1 Å². The van der Waals surface area contributed by atoms with E-state index in [1.807, 2.05) is 43.3 Å². The quantitative estimate of drug-likeness (QED) is 0.511.